The molecule has 1 heterocycles. The number of likely N-dealkylation sites (tertiary alicyclic amines) is 1. The predicted octanol–water partition coefficient (Wildman–Crippen LogP) is 5.85. The van der Waals surface area contributed by atoms with Gasteiger partial charge < -0.3 is 19.3 Å². The van der Waals surface area contributed by atoms with Gasteiger partial charge in [0.25, 0.3) is 5.91 Å². The second-order valence-corrected chi connectivity index (χ2v) is 9.36. The van der Waals surface area contributed by atoms with Crippen molar-refractivity contribution in [3.63, 3.8) is 0 Å². The summed E-state index contributed by atoms with van der Waals surface area (Å²) in [6, 6.07) is 9.76. The SMILES string of the molecule is CCN(CC)C(=O)c1ccc(-c2ccccc2C(F)(F)F)cc1OC1CN(C(=O)OC(C)(C)C)C1. The topological polar surface area (TPSA) is 59.1 Å². The maximum absolute atomic E-state index is 13.6. The van der Waals surface area contributed by atoms with Gasteiger partial charge >= 0.3 is 12.3 Å². The summed E-state index contributed by atoms with van der Waals surface area (Å²) >= 11 is 0. The van der Waals surface area contributed by atoms with Crippen LogP contribution in [-0.2, 0) is 10.9 Å². The number of carbonyl (C=O) groups excluding carboxylic acids is 2. The van der Waals surface area contributed by atoms with E-state index in [4.69, 9.17) is 9.47 Å². The van der Waals surface area contributed by atoms with Gasteiger partial charge in [0.15, 0.2) is 0 Å². The maximum Gasteiger partial charge on any atom is 0.417 e. The van der Waals surface area contributed by atoms with Crippen LogP contribution >= 0.6 is 0 Å². The van der Waals surface area contributed by atoms with Crippen LogP contribution in [0.15, 0.2) is 42.5 Å². The van der Waals surface area contributed by atoms with Crippen molar-refractivity contribution in [2.75, 3.05) is 26.2 Å². The molecule has 2 amide bonds. The Morgan fingerprint density at radius 3 is 2.23 bits per heavy atom. The highest BCUT2D eigenvalue weighted by atomic mass is 19.4. The summed E-state index contributed by atoms with van der Waals surface area (Å²) < 4.78 is 52.2. The summed E-state index contributed by atoms with van der Waals surface area (Å²) in [5, 5.41) is 0. The Labute approximate surface area is 203 Å². The number of rotatable bonds is 6. The molecule has 0 N–H and O–H groups in total. The number of halogens is 3. The molecule has 35 heavy (non-hydrogen) atoms. The first kappa shape index (κ1) is 26.4. The van der Waals surface area contributed by atoms with Crippen LogP contribution in [0.2, 0.25) is 0 Å². The molecule has 9 heteroatoms. The van der Waals surface area contributed by atoms with E-state index in [0.29, 0.717) is 13.1 Å². The highest BCUT2D eigenvalue weighted by Crippen LogP contribution is 2.39. The smallest absolute Gasteiger partial charge is 0.417 e. The average molecular weight is 493 g/mol. The molecule has 1 fully saturated rings. The Hall–Kier alpha value is -3.23. The van der Waals surface area contributed by atoms with Crippen molar-refractivity contribution in [2.24, 2.45) is 0 Å². The molecular formula is C26H31F3N2O4. The van der Waals surface area contributed by atoms with Crippen molar-refractivity contribution >= 4 is 12.0 Å². The summed E-state index contributed by atoms with van der Waals surface area (Å²) in [6.07, 6.45) is -5.42. The normalized spacial score (nSPS) is 14.3. The van der Waals surface area contributed by atoms with Gasteiger partial charge in [-0.2, -0.15) is 13.2 Å². The fourth-order valence-electron chi connectivity index (χ4n) is 3.80. The zero-order valence-electron chi connectivity index (χ0n) is 20.6. The van der Waals surface area contributed by atoms with Crippen LogP contribution in [0.5, 0.6) is 5.75 Å². The molecule has 0 unspecified atom stereocenters. The van der Waals surface area contributed by atoms with Gasteiger partial charge in [0.2, 0.25) is 0 Å². The molecule has 0 saturated carbocycles. The van der Waals surface area contributed by atoms with Crippen LogP contribution in [-0.4, -0.2) is 59.7 Å². The third kappa shape index (κ3) is 6.26. The number of carbonyl (C=O) groups is 2. The first-order valence-corrected chi connectivity index (χ1v) is 11.6. The molecule has 1 saturated heterocycles. The van der Waals surface area contributed by atoms with Crippen molar-refractivity contribution in [2.45, 2.75) is 52.5 Å². The monoisotopic (exact) mass is 492 g/mol. The lowest BCUT2D eigenvalue weighted by atomic mass is 9.97. The molecule has 0 radical (unpaired) electrons. The standard InChI is InChI=1S/C26H31F3N2O4/c1-6-30(7-2)23(32)20-13-12-17(19-10-8-9-11-21(19)26(27,28)29)14-22(20)34-18-15-31(16-18)24(33)35-25(3,4)5/h8-14,18H,6-7,15-16H2,1-5H3. The molecule has 1 aliphatic heterocycles. The van der Waals surface area contributed by atoms with Crippen LogP contribution in [0.3, 0.4) is 0 Å². The van der Waals surface area contributed by atoms with E-state index in [1.165, 1.54) is 41.3 Å². The van der Waals surface area contributed by atoms with E-state index in [2.05, 4.69) is 0 Å². The highest BCUT2D eigenvalue weighted by Gasteiger charge is 2.37. The highest BCUT2D eigenvalue weighted by molar-refractivity contribution is 5.97. The van der Waals surface area contributed by atoms with Crippen LogP contribution in [0.1, 0.15) is 50.5 Å². The summed E-state index contributed by atoms with van der Waals surface area (Å²) in [4.78, 5) is 28.4. The van der Waals surface area contributed by atoms with Crippen LogP contribution in [0, 0.1) is 0 Å². The molecule has 3 rings (SSSR count). The van der Waals surface area contributed by atoms with E-state index >= 15 is 0 Å². The molecule has 0 bridgehead atoms. The molecule has 0 aromatic heterocycles. The average Bonchev–Trinajstić information content (AvgIpc) is 2.74. The molecule has 6 nitrogen and oxygen atoms in total. The predicted molar refractivity (Wildman–Crippen MR) is 126 cm³/mol. The number of ether oxygens (including phenoxy) is 2. The third-order valence-electron chi connectivity index (χ3n) is 5.60. The van der Waals surface area contributed by atoms with Crippen LogP contribution in [0.4, 0.5) is 18.0 Å². The van der Waals surface area contributed by atoms with E-state index < -0.39 is 29.5 Å². The first-order valence-electron chi connectivity index (χ1n) is 11.6. The summed E-state index contributed by atoms with van der Waals surface area (Å²) in [5.74, 6) is -0.0887. The molecule has 0 spiro atoms. The zero-order valence-corrected chi connectivity index (χ0v) is 20.6. The number of amides is 2. The first-order chi connectivity index (χ1) is 16.3. The second kappa shape index (κ2) is 10.2. The van der Waals surface area contributed by atoms with Gasteiger partial charge in [0, 0.05) is 13.1 Å². The Balaban J connectivity index is 1.91. The molecule has 0 aliphatic carbocycles. The number of alkyl halides is 3. The molecular weight excluding hydrogens is 461 g/mol. The lowest BCUT2D eigenvalue weighted by Crippen LogP contribution is -2.57. The summed E-state index contributed by atoms with van der Waals surface area (Å²) in [5.41, 5.74) is -0.860. The summed E-state index contributed by atoms with van der Waals surface area (Å²) in [7, 11) is 0. The number of hydrogen-bond acceptors (Lipinski definition) is 4. The minimum absolute atomic E-state index is 0.00400. The lowest BCUT2D eigenvalue weighted by molar-refractivity contribution is -0.137. The largest absolute Gasteiger partial charge is 0.486 e. The van der Waals surface area contributed by atoms with Crippen molar-refractivity contribution in [3.05, 3.63) is 53.6 Å². The van der Waals surface area contributed by atoms with Gasteiger partial charge in [-0.1, -0.05) is 24.3 Å². The van der Waals surface area contributed by atoms with Gasteiger partial charge in [-0.05, 0) is 63.9 Å². The van der Waals surface area contributed by atoms with Crippen LogP contribution < -0.4 is 4.74 Å². The maximum atomic E-state index is 13.6. The summed E-state index contributed by atoms with van der Waals surface area (Å²) in [6.45, 7) is 10.5. The van der Waals surface area contributed by atoms with Gasteiger partial charge in [0.05, 0.1) is 24.2 Å². The fraction of sp³-hybridized carbons (Fsp3) is 0.462. The lowest BCUT2D eigenvalue weighted by Gasteiger charge is -2.39. The Morgan fingerprint density at radius 1 is 1.03 bits per heavy atom. The van der Waals surface area contributed by atoms with E-state index in [1.807, 2.05) is 13.8 Å². The van der Waals surface area contributed by atoms with E-state index in [1.54, 1.807) is 25.7 Å². The number of nitrogens with zero attached hydrogens (tertiary/aromatic N) is 2. The van der Waals surface area contributed by atoms with Crippen molar-refractivity contribution in [1.82, 2.24) is 9.80 Å². The van der Waals surface area contributed by atoms with Gasteiger partial charge in [0.1, 0.15) is 17.5 Å². The quantitative estimate of drug-likeness (QED) is 0.507. The number of benzene rings is 2. The zero-order chi connectivity index (χ0) is 26.0. The number of hydrogen-bond donors (Lipinski definition) is 0. The van der Waals surface area contributed by atoms with E-state index in [0.717, 1.165) is 6.07 Å². The van der Waals surface area contributed by atoms with Gasteiger partial charge in [-0.15, -0.1) is 0 Å². The van der Waals surface area contributed by atoms with Gasteiger partial charge in [-0.25, -0.2) is 4.79 Å². The molecule has 1 aliphatic rings. The van der Waals surface area contributed by atoms with Crippen molar-refractivity contribution in [1.29, 1.82) is 0 Å². The van der Waals surface area contributed by atoms with Gasteiger partial charge in [-0.3, -0.25) is 4.79 Å². The van der Waals surface area contributed by atoms with Crippen molar-refractivity contribution < 1.29 is 32.2 Å². The second-order valence-electron chi connectivity index (χ2n) is 9.36. The Bertz CT molecular complexity index is 1070. The molecule has 190 valence electrons. The van der Waals surface area contributed by atoms with E-state index in [-0.39, 0.29) is 41.4 Å². The molecule has 2 aromatic carbocycles. The molecule has 0 atom stereocenters. The third-order valence-corrected chi connectivity index (χ3v) is 5.60. The molecule has 2 aromatic rings. The minimum atomic E-state index is -4.53. The van der Waals surface area contributed by atoms with E-state index in [9.17, 15) is 22.8 Å². The Kier molecular flexibility index (Phi) is 7.67. The van der Waals surface area contributed by atoms with Crippen molar-refractivity contribution in [3.8, 4) is 16.9 Å². The minimum Gasteiger partial charge on any atom is -0.486 e. The fourth-order valence-corrected chi connectivity index (χ4v) is 3.80. The Morgan fingerprint density at radius 2 is 1.66 bits per heavy atom. The van der Waals surface area contributed by atoms with Crippen LogP contribution in [0.25, 0.3) is 11.1 Å².